The fraction of sp³-hybridized carbons (Fsp3) is 0.500. The van der Waals surface area contributed by atoms with Gasteiger partial charge in [0.1, 0.15) is 0 Å². The van der Waals surface area contributed by atoms with Gasteiger partial charge in [0.25, 0.3) is 0 Å². The zero-order valence-electron chi connectivity index (χ0n) is 9.81. The zero-order chi connectivity index (χ0) is 13.1. The zero-order valence-corrected chi connectivity index (χ0v) is 10.6. The minimum absolute atomic E-state index is 0.222. The van der Waals surface area contributed by atoms with E-state index in [4.69, 9.17) is 11.6 Å². The Labute approximate surface area is 104 Å². The van der Waals surface area contributed by atoms with Crippen LogP contribution >= 0.6 is 11.6 Å². The van der Waals surface area contributed by atoms with Crippen LogP contribution in [-0.2, 0) is 12.6 Å². The molecule has 96 valence electrons. The van der Waals surface area contributed by atoms with Gasteiger partial charge in [-0.1, -0.05) is 17.7 Å². The Hall–Kier alpha value is -0.740. The summed E-state index contributed by atoms with van der Waals surface area (Å²) in [4.78, 5) is 2.03. The normalized spacial score (nSPS) is 12.2. The molecule has 17 heavy (non-hydrogen) atoms. The van der Waals surface area contributed by atoms with Crippen molar-refractivity contribution in [2.75, 3.05) is 20.6 Å². The molecule has 0 fully saturated rings. The maximum absolute atomic E-state index is 12.4. The molecule has 0 radical (unpaired) electrons. The van der Waals surface area contributed by atoms with Crippen molar-refractivity contribution in [1.29, 1.82) is 0 Å². The Morgan fingerprint density at radius 3 is 2.35 bits per heavy atom. The van der Waals surface area contributed by atoms with Crippen LogP contribution < -0.4 is 0 Å². The van der Waals surface area contributed by atoms with Crippen molar-refractivity contribution >= 4 is 11.6 Å². The molecule has 5 heteroatoms. The van der Waals surface area contributed by atoms with Crippen LogP contribution in [0.1, 0.15) is 17.5 Å². The highest BCUT2D eigenvalue weighted by molar-refractivity contribution is 6.31. The highest BCUT2D eigenvalue weighted by Gasteiger charge is 2.32. The third-order valence-corrected chi connectivity index (χ3v) is 2.72. The lowest BCUT2D eigenvalue weighted by Gasteiger charge is -2.11. The minimum Gasteiger partial charge on any atom is -0.309 e. The first-order chi connectivity index (χ1) is 7.80. The van der Waals surface area contributed by atoms with Gasteiger partial charge in [0.15, 0.2) is 0 Å². The van der Waals surface area contributed by atoms with Crippen molar-refractivity contribution in [1.82, 2.24) is 4.90 Å². The van der Waals surface area contributed by atoms with Gasteiger partial charge in [0.05, 0.1) is 10.6 Å². The van der Waals surface area contributed by atoms with E-state index in [1.54, 1.807) is 0 Å². The molecule has 0 atom stereocenters. The topological polar surface area (TPSA) is 3.24 Å². The molecular weight excluding hydrogens is 251 g/mol. The maximum atomic E-state index is 12.4. The molecule has 0 amide bonds. The van der Waals surface area contributed by atoms with Crippen LogP contribution in [0.5, 0.6) is 0 Å². The molecule has 0 saturated heterocycles. The lowest BCUT2D eigenvalue weighted by molar-refractivity contribution is -0.137. The molecule has 0 N–H and O–H groups in total. The van der Waals surface area contributed by atoms with Crippen molar-refractivity contribution < 1.29 is 13.2 Å². The Balaban J connectivity index is 2.69. The standard InChI is InChI=1S/C12H15ClF3N/c1-17(2)7-3-4-9-5-6-10(11(13)8-9)12(14,15)16/h5-6,8H,3-4,7H2,1-2H3. The van der Waals surface area contributed by atoms with Crippen molar-refractivity contribution in [2.45, 2.75) is 19.0 Å². The molecule has 0 heterocycles. The average molecular weight is 266 g/mol. The molecule has 1 aromatic carbocycles. The minimum atomic E-state index is -4.38. The number of aryl methyl sites for hydroxylation is 1. The quantitative estimate of drug-likeness (QED) is 0.799. The maximum Gasteiger partial charge on any atom is 0.417 e. The first-order valence-corrected chi connectivity index (χ1v) is 5.69. The van der Waals surface area contributed by atoms with Gasteiger partial charge >= 0.3 is 6.18 Å². The summed E-state index contributed by atoms with van der Waals surface area (Å²) in [6, 6.07) is 3.94. The third-order valence-electron chi connectivity index (χ3n) is 2.41. The van der Waals surface area contributed by atoms with E-state index in [-0.39, 0.29) is 5.02 Å². The summed E-state index contributed by atoms with van der Waals surface area (Å²) in [6.45, 7) is 0.901. The first-order valence-electron chi connectivity index (χ1n) is 5.31. The molecule has 0 aliphatic heterocycles. The highest BCUT2D eigenvalue weighted by Crippen LogP contribution is 2.35. The lowest BCUT2D eigenvalue weighted by Crippen LogP contribution is -2.13. The number of alkyl halides is 3. The summed E-state index contributed by atoms with van der Waals surface area (Å²) >= 11 is 5.63. The second kappa shape index (κ2) is 5.74. The number of rotatable bonds is 4. The molecule has 0 unspecified atom stereocenters. The fourth-order valence-corrected chi connectivity index (χ4v) is 1.85. The van der Waals surface area contributed by atoms with E-state index < -0.39 is 11.7 Å². The molecule has 0 aromatic heterocycles. The Morgan fingerprint density at radius 1 is 1.24 bits per heavy atom. The Morgan fingerprint density at radius 2 is 1.88 bits per heavy atom. The smallest absolute Gasteiger partial charge is 0.309 e. The number of nitrogens with zero attached hydrogens (tertiary/aromatic N) is 1. The second-order valence-corrected chi connectivity index (χ2v) is 4.63. The van der Waals surface area contributed by atoms with Gasteiger partial charge in [-0.2, -0.15) is 13.2 Å². The number of benzene rings is 1. The van der Waals surface area contributed by atoms with E-state index in [9.17, 15) is 13.2 Å². The number of hydrogen-bond donors (Lipinski definition) is 0. The summed E-state index contributed by atoms with van der Waals surface area (Å²) in [5, 5.41) is -0.222. The van der Waals surface area contributed by atoms with Gasteiger partial charge in [-0.15, -0.1) is 0 Å². The van der Waals surface area contributed by atoms with Gasteiger partial charge < -0.3 is 4.90 Å². The highest BCUT2D eigenvalue weighted by atomic mass is 35.5. The van der Waals surface area contributed by atoms with E-state index in [0.717, 1.165) is 31.0 Å². The van der Waals surface area contributed by atoms with Crippen molar-refractivity contribution in [2.24, 2.45) is 0 Å². The first kappa shape index (κ1) is 14.3. The molecular formula is C12H15ClF3N. The summed E-state index contributed by atoms with van der Waals surface area (Å²) in [7, 11) is 3.92. The lowest BCUT2D eigenvalue weighted by atomic mass is 10.1. The molecule has 1 aromatic rings. The van der Waals surface area contributed by atoms with Crippen LogP contribution in [0, 0.1) is 0 Å². The summed E-state index contributed by atoms with van der Waals surface area (Å²) in [6.07, 6.45) is -2.75. The van der Waals surface area contributed by atoms with Crippen LogP contribution in [-0.4, -0.2) is 25.5 Å². The van der Waals surface area contributed by atoms with Crippen LogP contribution in [0.25, 0.3) is 0 Å². The number of hydrogen-bond acceptors (Lipinski definition) is 1. The monoisotopic (exact) mass is 265 g/mol. The molecule has 1 rings (SSSR count). The van der Waals surface area contributed by atoms with E-state index in [1.165, 1.54) is 12.1 Å². The number of halogens is 4. The Kier molecular flexibility index (Phi) is 4.83. The van der Waals surface area contributed by atoms with E-state index in [0.29, 0.717) is 0 Å². The van der Waals surface area contributed by atoms with Gasteiger partial charge in [-0.05, 0) is 51.2 Å². The SMILES string of the molecule is CN(C)CCCc1ccc(C(F)(F)F)c(Cl)c1. The molecule has 0 bridgehead atoms. The van der Waals surface area contributed by atoms with Crippen molar-refractivity contribution in [3.8, 4) is 0 Å². The van der Waals surface area contributed by atoms with Crippen molar-refractivity contribution in [3.05, 3.63) is 34.3 Å². The summed E-state index contributed by atoms with van der Waals surface area (Å²) in [5.41, 5.74) is 0.0698. The van der Waals surface area contributed by atoms with Gasteiger partial charge in [0, 0.05) is 0 Å². The summed E-state index contributed by atoms with van der Waals surface area (Å²) in [5.74, 6) is 0. The van der Waals surface area contributed by atoms with Gasteiger partial charge in [0.2, 0.25) is 0 Å². The second-order valence-electron chi connectivity index (χ2n) is 4.22. The van der Waals surface area contributed by atoms with E-state index in [2.05, 4.69) is 0 Å². The molecule has 0 spiro atoms. The van der Waals surface area contributed by atoms with Crippen LogP contribution in [0.15, 0.2) is 18.2 Å². The summed E-state index contributed by atoms with van der Waals surface area (Å²) < 4.78 is 37.3. The van der Waals surface area contributed by atoms with Crippen LogP contribution in [0.3, 0.4) is 0 Å². The van der Waals surface area contributed by atoms with Gasteiger partial charge in [-0.3, -0.25) is 0 Å². The molecule has 0 aliphatic carbocycles. The van der Waals surface area contributed by atoms with Crippen molar-refractivity contribution in [3.63, 3.8) is 0 Å². The van der Waals surface area contributed by atoms with Crippen LogP contribution in [0.2, 0.25) is 5.02 Å². The molecule has 1 nitrogen and oxygen atoms in total. The predicted molar refractivity (Wildman–Crippen MR) is 63.3 cm³/mol. The average Bonchev–Trinajstić information content (AvgIpc) is 2.14. The fourth-order valence-electron chi connectivity index (χ4n) is 1.54. The Bertz CT molecular complexity index is 375. The third kappa shape index (κ3) is 4.56. The molecule has 0 aliphatic rings. The van der Waals surface area contributed by atoms with Gasteiger partial charge in [-0.25, -0.2) is 0 Å². The van der Waals surface area contributed by atoms with E-state index >= 15 is 0 Å². The molecule has 0 saturated carbocycles. The van der Waals surface area contributed by atoms with Crippen LogP contribution in [0.4, 0.5) is 13.2 Å². The largest absolute Gasteiger partial charge is 0.417 e. The predicted octanol–water partition coefficient (Wildman–Crippen LogP) is 3.85. The van der Waals surface area contributed by atoms with E-state index in [1.807, 2.05) is 19.0 Å².